The number of hydrogen-bond acceptors (Lipinski definition) is 5. The molecule has 7 nitrogen and oxygen atoms in total. The number of nitrogens with one attached hydrogen (secondary N) is 2. The van der Waals surface area contributed by atoms with Crippen molar-refractivity contribution in [3.8, 4) is 5.75 Å². The normalized spacial score (nSPS) is 21.0. The van der Waals surface area contributed by atoms with Gasteiger partial charge in [-0.25, -0.2) is 0 Å². The molecule has 0 radical (unpaired) electrons. The number of hydrogen-bond donors (Lipinski definition) is 2. The molecule has 2 amide bonds. The molecule has 1 aromatic rings. The molecule has 1 saturated heterocycles. The molecular weight excluding hydrogens is 348 g/mol. The second-order valence-corrected chi connectivity index (χ2v) is 7.09. The molecule has 1 heterocycles. The van der Waals surface area contributed by atoms with Crippen LogP contribution in [0.3, 0.4) is 0 Å². The Bertz CT molecular complexity index is 640. The lowest BCUT2D eigenvalue weighted by atomic mass is 9.94. The first-order valence-electron chi connectivity index (χ1n) is 9.61. The fourth-order valence-electron chi connectivity index (χ4n) is 3.55. The van der Waals surface area contributed by atoms with Crippen LogP contribution in [-0.4, -0.2) is 50.5 Å². The standard InChI is InChI=1S/C20H28N2O5/c1-25-16-7-5-15(6-8-16)9-12-21-18(23)19(24)22-13-17-14-26-20(27-17)10-3-2-4-11-20/h5-8,17H,2-4,9-14H2,1H3,(H,21,23)(H,22,24). The molecule has 1 atom stereocenters. The molecule has 0 bridgehead atoms. The van der Waals surface area contributed by atoms with Crippen LogP contribution in [-0.2, 0) is 25.5 Å². The zero-order valence-corrected chi connectivity index (χ0v) is 15.8. The number of rotatable bonds is 6. The van der Waals surface area contributed by atoms with E-state index < -0.39 is 17.6 Å². The van der Waals surface area contributed by atoms with Crippen LogP contribution in [0.25, 0.3) is 0 Å². The van der Waals surface area contributed by atoms with Gasteiger partial charge in [-0.15, -0.1) is 0 Å². The van der Waals surface area contributed by atoms with Crippen LogP contribution >= 0.6 is 0 Å². The monoisotopic (exact) mass is 376 g/mol. The molecule has 148 valence electrons. The quantitative estimate of drug-likeness (QED) is 0.736. The van der Waals surface area contributed by atoms with Crippen molar-refractivity contribution >= 4 is 11.8 Å². The highest BCUT2D eigenvalue weighted by atomic mass is 16.7. The number of carbonyl (C=O) groups excluding carboxylic acids is 2. The Morgan fingerprint density at radius 2 is 1.81 bits per heavy atom. The molecule has 1 spiro atoms. The van der Waals surface area contributed by atoms with Crippen molar-refractivity contribution in [2.75, 3.05) is 26.8 Å². The highest BCUT2D eigenvalue weighted by Crippen LogP contribution is 2.37. The summed E-state index contributed by atoms with van der Waals surface area (Å²) in [5, 5.41) is 5.28. The van der Waals surface area contributed by atoms with Crippen molar-refractivity contribution in [3.05, 3.63) is 29.8 Å². The molecule has 1 aliphatic heterocycles. The molecule has 1 unspecified atom stereocenters. The molecule has 27 heavy (non-hydrogen) atoms. The van der Waals surface area contributed by atoms with E-state index in [4.69, 9.17) is 14.2 Å². The first-order chi connectivity index (χ1) is 13.1. The summed E-state index contributed by atoms with van der Waals surface area (Å²) >= 11 is 0. The van der Waals surface area contributed by atoms with Crippen LogP contribution in [0, 0.1) is 0 Å². The van der Waals surface area contributed by atoms with Gasteiger partial charge in [-0.05, 0) is 37.0 Å². The fraction of sp³-hybridized carbons (Fsp3) is 0.600. The van der Waals surface area contributed by atoms with Gasteiger partial charge in [-0.1, -0.05) is 18.6 Å². The van der Waals surface area contributed by atoms with Gasteiger partial charge in [-0.3, -0.25) is 9.59 Å². The smallest absolute Gasteiger partial charge is 0.309 e. The second kappa shape index (κ2) is 9.19. The topological polar surface area (TPSA) is 85.9 Å². The van der Waals surface area contributed by atoms with E-state index in [0.717, 1.165) is 37.0 Å². The maximum atomic E-state index is 12.0. The van der Waals surface area contributed by atoms with Crippen LogP contribution in [0.5, 0.6) is 5.75 Å². The van der Waals surface area contributed by atoms with Crippen molar-refractivity contribution in [1.82, 2.24) is 10.6 Å². The average molecular weight is 376 g/mol. The van der Waals surface area contributed by atoms with Crippen LogP contribution in [0.4, 0.5) is 0 Å². The predicted octanol–water partition coefficient (Wildman–Crippen LogP) is 1.55. The van der Waals surface area contributed by atoms with E-state index in [-0.39, 0.29) is 12.6 Å². The lowest BCUT2D eigenvalue weighted by Crippen LogP contribution is -2.44. The SMILES string of the molecule is COc1ccc(CCNC(=O)C(=O)NCC2COC3(CCCCC3)O2)cc1. The highest BCUT2D eigenvalue weighted by Gasteiger charge is 2.42. The molecule has 7 heteroatoms. The average Bonchev–Trinajstić information content (AvgIpc) is 3.09. The van der Waals surface area contributed by atoms with Crippen LogP contribution < -0.4 is 15.4 Å². The third-order valence-electron chi connectivity index (χ3n) is 5.08. The summed E-state index contributed by atoms with van der Waals surface area (Å²) in [5.41, 5.74) is 1.06. The Balaban J connectivity index is 1.33. The molecule has 1 saturated carbocycles. The highest BCUT2D eigenvalue weighted by molar-refractivity contribution is 6.35. The van der Waals surface area contributed by atoms with Gasteiger partial charge in [0.05, 0.1) is 13.7 Å². The van der Waals surface area contributed by atoms with Gasteiger partial charge in [0.25, 0.3) is 0 Å². The van der Waals surface area contributed by atoms with Gasteiger partial charge in [0.15, 0.2) is 5.79 Å². The largest absolute Gasteiger partial charge is 0.497 e. The van der Waals surface area contributed by atoms with E-state index in [1.54, 1.807) is 7.11 Å². The van der Waals surface area contributed by atoms with Gasteiger partial charge in [0.2, 0.25) is 0 Å². The van der Waals surface area contributed by atoms with Crippen LogP contribution in [0.2, 0.25) is 0 Å². The summed E-state index contributed by atoms with van der Waals surface area (Å²) in [7, 11) is 1.62. The molecule has 2 N–H and O–H groups in total. The molecule has 3 rings (SSSR count). The van der Waals surface area contributed by atoms with Crippen LogP contribution in [0.1, 0.15) is 37.7 Å². The summed E-state index contributed by atoms with van der Waals surface area (Å²) in [6, 6.07) is 7.60. The maximum Gasteiger partial charge on any atom is 0.309 e. The number of amides is 2. The number of methoxy groups -OCH3 is 1. The third kappa shape index (κ3) is 5.43. The Hall–Kier alpha value is -2.12. The zero-order valence-electron chi connectivity index (χ0n) is 15.8. The zero-order chi connectivity index (χ0) is 19.1. The summed E-state index contributed by atoms with van der Waals surface area (Å²) in [6.45, 7) is 1.14. The van der Waals surface area contributed by atoms with E-state index in [9.17, 15) is 9.59 Å². The summed E-state index contributed by atoms with van der Waals surface area (Å²) < 4.78 is 16.9. The second-order valence-electron chi connectivity index (χ2n) is 7.09. The number of carbonyl (C=O) groups is 2. The predicted molar refractivity (Wildman–Crippen MR) is 99.4 cm³/mol. The van der Waals surface area contributed by atoms with E-state index >= 15 is 0 Å². The van der Waals surface area contributed by atoms with E-state index in [0.29, 0.717) is 19.6 Å². The van der Waals surface area contributed by atoms with Crippen molar-refractivity contribution < 1.29 is 23.8 Å². The molecule has 1 aliphatic carbocycles. The van der Waals surface area contributed by atoms with Crippen LogP contribution in [0.15, 0.2) is 24.3 Å². The fourth-order valence-corrected chi connectivity index (χ4v) is 3.55. The van der Waals surface area contributed by atoms with E-state index in [2.05, 4.69) is 10.6 Å². The van der Waals surface area contributed by atoms with Gasteiger partial charge in [0.1, 0.15) is 11.9 Å². The van der Waals surface area contributed by atoms with Crippen molar-refractivity contribution in [1.29, 1.82) is 0 Å². The maximum absolute atomic E-state index is 12.0. The number of ether oxygens (including phenoxy) is 3. The van der Waals surface area contributed by atoms with E-state index in [1.807, 2.05) is 24.3 Å². The van der Waals surface area contributed by atoms with Crippen molar-refractivity contribution in [3.63, 3.8) is 0 Å². The third-order valence-corrected chi connectivity index (χ3v) is 5.08. The van der Waals surface area contributed by atoms with E-state index in [1.165, 1.54) is 6.42 Å². The van der Waals surface area contributed by atoms with Crippen molar-refractivity contribution in [2.24, 2.45) is 0 Å². The first-order valence-corrected chi connectivity index (χ1v) is 9.61. The summed E-state index contributed by atoms with van der Waals surface area (Å²) in [5.74, 6) is -0.947. The minimum Gasteiger partial charge on any atom is -0.497 e. The lowest BCUT2D eigenvalue weighted by molar-refractivity contribution is -0.186. The lowest BCUT2D eigenvalue weighted by Gasteiger charge is -2.31. The summed E-state index contributed by atoms with van der Waals surface area (Å²) in [4.78, 5) is 23.9. The summed E-state index contributed by atoms with van der Waals surface area (Å²) in [6.07, 6.45) is 5.69. The molecule has 0 aromatic heterocycles. The molecule has 2 aliphatic rings. The first kappa shape index (κ1) is 19.6. The Kier molecular flexibility index (Phi) is 6.68. The van der Waals surface area contributed by atoms with Gasteiger partial charge >= 0.3 is 11.8 Å². The number of benzene rings is 1. The molecular formula is C20H28N2O5. The van der Waals surface area contributed by atoms with Gasteiger partial charge in [0, 0.05) is 25.9 Å². The Morgan fingerprint density at radius 3 is 2.52 bits per heavy atom. The molecule has 1 aromatic carbocycles. The Labute approximate surface area is 159 Å². The Morgan fingerprint density at radius 1 is 1.11 bits per heavy atom. The minimum absolute atomic E-state index is 0.195. The minimum atomic E-state index is -0.641. The molecule has 2 fully saturated rings. The van der Waals surface area contributed by atoms with Crippen molar-refractivity contribution in [2.45, 2.75) is 50.4 Å². The van der Waals surface area contributed by atoms with Gasteiger partial charge in [-0.2, -0.15) is 0 Å². The van der Waals surface area contributed by atoms with Gasteiger partial charge < -0.3 is 24.8 Å².